The van der Waals surface area contributed by atoms with Gasteiger partial charge in [0.15, 0.2) is 12.4 Å². The zero-order valence-corrected chi connectivity index (χ0v) is 15.5. The van der Waals surface area contributed by atoms with E-state index in [-0.39, 0.29) is 22.4 Å². The van der Waals surface area contributed by atoms with Gasteiger partial charge in [-0.05, 0) is 31.0 Å². The normalized spacial score (nSPS) is 10.3. The van der Waals surface area contributed by atoms with Crippen molar-refractivity contribution in [1.29, 1.82) is 0 Å². The standard InChI is InChI=1S/C19H19ClN2O4/c1-11-8-12(2)22-18(20)17(11)19(25)26-10-16(24)15-6-4-14(5-7-15)9-21-13(3)23/h4-8H,9-10H2,1-3H3,(H,21,23). The van der Waals surface area contributed by atoms with Crippen molar-refractivity contribution in [3.8, 4) is 0 Å². The van der Waals surface area contributed by atoms with Gasteiger partial charge in [-0.15, -0.1) is 0 Å². The third-order valence-electron chi connectivity index (χ3n) is 3.66. The van der Waals surface area contributed by atoms with Gasteiger partial charge in [0.1, 0.15) is 5.15 Å². The quantitative estimate of drug-likeness (QED) is 0.477. The first-order chi connectivity index (χ1) is 12.3. The van der Waals surface area contributed by atoms with E-state index in [0.717, 1.165) is 5.56 Å². The molecule has 6 nitrogen and oxygen atoms in total. The predicted molar refractivity (Wildman–Crippen MR) is 97.3 cm³/mol. The van der Waals surface area contributed by atoms with Gasteiger partial charge in [-0.25, -0.2) is 9.78 Å². The fourth-order valence-corrected chi connectivity index (χ4v) is 2.72. The van der Waals surface area contributed by atoms with E-state index in [1.54, 1.807) is 44.2 Å². The number of hydrogen-bond donors (Lipinski definition) is 1. The summed E-state index contributed by atoms with van der Waals surface area (Å²) in [4.78, 5) is 39.3. The van der Waals surface area contributed by atoms with Gasteiger partial charge in [0.05, 0.1) is 5.56 Å². The molecule has 2 rings (SSSR count). The summed E-state index contributed by atoms with van der Waals surface area (Å²) in [5.74, 6) is -1.15. The molecular formula is C19H19ClN2O4. The Morgan fingerprint density at radius 1 is 1.15 bits per heavy atom. The third-order valence-corrected chi connectivity index (χ3v) is 3.93. The van der Waals surface area contributed by atoms with Crippen molar-refractivity contribution in [2.24, 2.45) is 0 Å². The van der Waals surface area contributed by atoms with Crippen LogP contribution in [0.4, 0.5) is 0 Å². The van der Waals surface area contributed by atoms with Crippen LogP contribution in [0.5, 0.6) is 0 Å². The molecule has 0 aliphatic carbocycles. The highest BCUT2D eigenvalue weighted by molar-refractivity contribution is 6.32. The van der Waals surface area contributed by atoms with E-state index >= 15 is 0 Å². The average Bonchev–Trinajstić information content (AvgIpc) is 2.57. The molecule has 0 atom stereocenters. The zero-order valence-electron chi connectivity index (χ0n) is 14.8. The minimum absolute atomic E-state index is 0.0577. The van der Waals surface area contributed by atoms with Crippen LogP contribution in [0.1, 0.15) is 44.5 Å². The minimum Gasteiger partial charge on any atom is -0.454 e. The highest BCUT2D eigenvalue weighted by Crippen LogP contribution is 2.19. The lowest BCUT2D eigenvalue weighted by molar-refractivity contribution is -0.119. The number of halogens is 1. The highest BCUT2D eigenvalue weighted by atomic mass is 35.5. The molecule has 0 fully saturated rings. The number of hydrogen-bond acceptors (Lipinski definition) is 5. The number of aryl methyl sites for hydroxylation is 2. The Kier molecular flexibility index (Phi) is 6.46. The maximum atomic E-state index is 12.2. The summed E-state index contributed by atoms with van der Waals surface area (Å²) in [5, 5.41) is 2.73. The Balaban J connectivity index is 1.98. The molecule has 1 amide bonds. The second-order valence-corrected chi connectivity index (χ2v) is 6.21. The van der Waals surface area contributed by atoms with Gasteiger partial charge in [-0.2, -0.15) is 0 Å². The molecule has 1 aromatic heterocycles. The Morgan fingerprint density at radius 3 is 2.38 bits per heavy atom. The number of carbonyl (C=O) groups is 3. The maximum absolute atomic E-state index is 12.2. The van der Waals surface area contributed by atoms with Gasteiger partial charge in [-0.3, -0.25) is 9.59 Å². The molecule has 1 N–H and O–H groups in total. The van der Waals surface area contributed by atoms with E-state index in [0.29, 0.717) is 23.4 Å². The molecule has 1 aromatic carbocycles. The molecule has 0 bridgehead atoms. The lowest BCUT2D eigenvalue weighted by Gasteiger charge is -2.09. The van der Waals surface area contributed by atoms with Crippen molar-refractivity contribution in [1.82, 2.24) is 10.3 Å². The number of ketones is 1. The van der Waals surface area contributed by atoms with Gasteiger partial charge in [0.25, 0.3) is 0 Å². The number of aromatic nitrogens is 1. The Labute approximate surface area is 156 Å². The first-order valence-corrected chi connectivity index (χ1v) is 8.33. The van der Waals surface area contributed by atoms with Crippen molar-refractivity contribution in [3.05, 3.63) is 63.4 Å². The van der Waals surface area contributed by atoms with Crippen LogP contribution >= 0.6 is 11.6 Å². The number of ether oxygens (including phenoxy) is 1. The summed E-state index contributed by atoms with van der Waals surface area (Å²) in [6, 6.07) is 8.43. The summed E-state index contributed by atoms with van der Waals surface area (Å²) < 4.78 is 5.09. The largest absolute Gasteiger partial charge is 0.454 e. The number of amides is 1. The predicted octanol–water partition coefficient (Wildman–Crippen LogP) is 3.03. The summed E-state index contributed by atoms with van der Waals surface area (Å²) in [7, 11) is 0. The van der Waals surface area contributed by atoms with E-state index in [9.17, 15) is 14.4 Å². The molecular weight excluding hydrogens is 356 g/mol. The Morgan fingerprint density at radius 2 is 1.81 bits per heavy atom. The number of esters is 1. The topological polar surface area (TPSA) is 85.4 Å². The molecule has 26 heavy (non-hydrogen) atoms. The number of benzene rings is 1. The van der Waals surface area contributed by atoms with Crippen LogP contribution in [0, 0.1) is 13.8 Å². The first kappa shape index (κ1) is 19.6. The van der Waals surface area contributed by atoms with E-state index in [4.69, 9.17) is 16.3 Å². The van der Waals surface area contributed by atoms with Crippen LogP contribution in [-0.4, -0.2) is 29.3 Å². The smallest absolute Gasteiger partial charge is 0.342 e. The van der Waals surface area contributed by atoms with Crippen molar-refractivity contribution in [2.75, 3.05) is 6.61 Å². The molecule has 0 aliphatic heterocycles. The van der Waals surface area contributed by atoms with Crippen LogP contribution < -0.4 is 5.32 Å². The van der Waals surface area contributed by atoms with Crippen molar-refractivity contribution < 1.29 is 19.1 Å². The fraction of sp³-hybridized carbons (Fsp3) is 0.263. The lowest BCUT2D eigenvalue weighted by Crippen LogP contribution is -2.19. The molecule has 136 valence electrons. The van der Waals surface area contributed by atoms with Crippen LogP contribution in [0.15, 0.2) is 30.3 Å². The second kappa shape index (κ2) is 8.58. The molecule has 1 heterocycles. The van der Waals surface area contributed by atoms with E-state index < -0.39 is 12.6 Å². The van der Waals surface area contributed by atoms with Crippen molar-refractivity contribution >= 4 is 29.3 Å². The Hall–Kier alpha value is -2.73. The van der Waals surface area contributed by atoms with Crippen LogP contribution in [0.2, 0.25) is 5.15 Å². The zero-order chi connectivity index (χ0) is 19.3. The van der Waals surface area contributed by atoms with E-state index in [1.165, 1.54) is 6.92 Å². The number of Topliss-reactive ketones (excluding diaryl/α,β-unsaturated/α-hetero) is 1. The number of rotatable bonds is 6. The summed E-state index contributed by atoms with van der Waals surface area (Å²) in [5.41, 5.74) is 2.77. The molecule has 0 unspecified atom stereocenters. The van der Waals surface area contributed by atoms with Gasteiger partial charge in [0.2, 0.25) is 5.91 Å². The summed E-state index contributed by atoms with van der Waals surface area (Å²) in [6.07, 6.45) is 0. The summed E-state index contributed by atoms with van der Waals surface area (Å²) >= 11 is 6.00. The number of nitrogens with zero attached hydrogens (tertiary/aromatic N) is 1. The van der Waals surface area contributed by atoms with Crippen molar-refractivity contribution in [3.63, 3.8) is 0 Å². The minimum atomic E-state index is -0.685. The van der Waals surface area contributed by atoms with Crippen LogP contribution in [0.3, 0.4) is 0 Å². The number of nitrogens with one attached hydrogen (secondary N) is 1. The van der Waals surface area contributed by atoms with E-state index in [1.807, 2.05) is 0 Å². The maximum Gasteiger partial charge on any atom is 0.342 e. The monoisotopic (exact) mass is 374 g/mol. The average molecular weight is 375 g/mol. The van der Waals surface area contributed by atoms with Gasteiger partial charge in [0, 0.05) is 24.7 Å². The lowest BCUT2D eigenvalue weighted by atomic mass is 10.1. The van der Waals surface area contributed by atoms with Gasteiger partial charge in [-0.1, -0.05) is 35.9 Å². The Bertz CT molecular complexity index is 824. The van der Waals surface area contributed by atoms with Gasteiger partial charge >= 0.3 is 5.97 Å². The van der Waals surface area contributed by atoms with Crippen LogP contribution in [0.25, 0.3) is 0 Å². The third kappa shape index (κ3) is 5.13. The first-order valence-electron chi connectivity index (χ1n) is 7.95. The molecule has 0 saturated carbocycles. The molecule has 0 radical (unpaired) electrons. The van der Waals surface area contributed by atoms with Crippen LogP contribution in [-0.2, 0) is 16.1 Å². The highest BCUT2D eigenvalue weighted by Gasteiger charge is 2.18. The van der Waals surface area contributed by atoms with E-state index in [2.05, 4.69) is 10.3 Å². The molecule has 7 heteroatoms. The summed E-state index contributed by atoms with van der Waals surface area (Å²) in [6.45, 7) is 4.92. The molecule has 0 spiro atoms. The molecule has 2 aromatic rings. The SMILES string of the molecule is CC(=O)NCc1ccc(C(=O)COC(=O)c2c(C)cc(C)nc2Cl)cc1. The van der Waals surface area contributed by atoms with Gasteiger partial charge < -0.3 is 10.1 Å². The molecule has 0 saturated heterocycles. The molecule has 0 aliphatic rings. The fourth-order valence-electron chi connectivity index (χ4n) is 2.36. The van der Waals surface area contributed by atoms with Crippen molar-refractivity contribution in [2.45, 2.75) is 27.3 Å². The number of pyridine rings is 1. The number of carbonyl (C=O) groups excluding carboxylic acids is 3. The second-order valence-electron chi connectivity index (χ2n) is 5.85.